The van der Waals surface area contributed by atoms with E-state index >= 15 is 0 Å². The van der Waals surface area contributed by atoms with Crippen LogP contribution in [0.25, 0.3) is 0 Å². The summed E-state index contributed by atoms with van der Waals surface area (Å²) in [7, 11) is 1.27. The summed E-state index contributed by atoms with van der Waals surface area (Å²) in [6.07, 6.45) is 6.88. The van der Waals surface area contributed by atoms with Gasteiger partial charge in [0.15, 0.2) is 5.75 Å². The zero-order valence-corrected chi connectivity index (χ0v) is 21.5. The smallest absolute Gasteiger partial charge is 0.415 e. The zero-order chi connectivity index (χ0) is 25.8. The third-order valence-corrected chi connectivity index (χ3v) is 6.58. The predicted molar refractivity (Wildman–Crippen MR) is 137 cm³/mol. The fourth-order valence-corrected chi connectivity index (χ4v) is 4.53. The van der Waals surface area contributed by atoms with E-state index < -0.39 is 17.8 Å². The number of aromatic nitrogens is 1. The molecule has 0 unspecified atom stereocenters. The Balaban J connectivity index is 1.67. The Kier molecular flexibility index (Phi) is 10.6. The number of carbonyl (C=O) groups excluding carboxylic acids is 3. The Labute approximate surface area is 215 Å². The summed E-state index contributed by atoms with van der Waals surface area (Å²) in [5, 5.41) is 2.80. The molecule has 2 amide bonds. The SMILES string of the molecule is COC(=O)[C@@](CCSC)(NC(=O)CCc1ccccc1)OC[C@@H]1CCCN1C(=O)Oc1cccnc1. The average Bonchev–Trinajstić information content (AvgIpc) is 3.39. The number of esters is 1. The molecule has 2 atom stereocenters. The van der Waals surface area contributed by atoms with Gasteiger partial charge in [0.1, 0.15) is 0 Å². The Morgan fingerprint density at radius 1 is 1.19 bits per heavy atom. The lowest BCUT2D eigenvalue weighted by Gasteiger charge is -2.34. The number of rotatable bonds is 12. The van der Waals surface area contributed by atoms with Crippen molar-refractivity contribution in [3.63, 3.8) is 0 Å². The molecule has 36 heavy (non-hydrogen) atoms. The van der Waals surface area contributed by atoms with Crippen LogP contribution >= 0.6 is 11.8 Å². The molecule has 2 heterocycles. The second-order valence-corrected chi connectivity index (χ2v) is 9.44. The standard InChI is InChI=1S/C26H33N3O6S/c1-33-24(31)26(14-17-36-2,28-23(30)13-12-20-8-4-3-5-9-20)34-19-21-10-7-16-29(21)25(32)35-22-11-6-15-27-18-22/h3-6,8-9,11,15,18,21H,7,10,12-14,16-17,19H2,1-2H3,(H,28,30)/t21-,26-/m0/s1. The Hall–Kier alpha value is -3.11. The third kappa shape index (κ3) is 7.69. The molecule has 0 spiro atoms. The maximum atomic E-state index is 12.9. The number of benzene rings is 1. The van der Waals surface area contributed by atoms with Gasteiger partial charge in [-0.15, -0.1) is 0 Å². The monoisotopic (exact) mass is 515 g/mol. The normalized spacial score (nSPS) is 16.7. The average molecular weight is 516 g/mol. The molecule has 10 heteroatoms. The van der Waals surface area contributed by atoms with E-state index in [0.29, 0.717) is 30.9 Å². The number of thioether (sulfide) groups is 1. The van der Waals surface area contributed by atoms with Gasteiger partial charge in [0.2, 0.25) is 11.6 Å². The van der Waals surface area contributed by atoms with E-state index in [9.17, 15) is 14.4 Å². The highest BCUT2D eigenvalue weighted by Gasteiger charge is 2.44. The number of likely N-dealkylation sites (tertiary alicyclic amines) is 1. The molecule has 1 aromatic heterocycles. The minimum Gasteiger partial charge on any atom is -0.465 e. The number of aryl methyl sites for hydroxylation is 1. The lowest BCUT2D eigenvalue weighted by molar-refractivity contribution is -0.180. The second kappa shape index (κ2) is 13.8. The molecular formula is C26H33N3O6S. The Morgan fingerprint density at radius 3 is 2.69 bits per heavy atom. The van der Waals surface area contributed by atoms with E-state index in [1.165, 1.54) is 25.1 Å². The van der Waals surface area contributed by atoms with Crippen LogP contribution < -0.4 is 10.1 Å². The van der Waals surface area contributed by atoms with Gasteiger partial charge in [-0.25, -0.2) is 9.59 Å². The Morgan fingerprint density at radius 2 is 2.00 bits per heavy atom. The number of nitrogens with zero attached hydrogens (tertiary/aromatic N) is 2. The lowest BCUT2D eigenvalue weighted by atomic mass is 10.1. The van der Waals surface area contributed by atoms with Crippen molar-refractivity contribution in [3.05, 3.63) is 60.4 Å². The fraction of sp³-hybridized carbons (Fsp3) is 0.462. The first-order valence-corrected chi connectivity index (χ1v) is 13.3. The van der Waals surface area contributed by atoms with Gasteiger partial charge < -0.3 is 24.4 Å². The summed E-state index contributed by atoms with van der Waals surface area (Å²) in [4.78, 5) is 44.1. The van der Waals surface area contributed by atoms with E-state index in [1.807, 2.05) is 36.6 Å². The molecule has 1 aromatic carbocycles. The molecule has 1 N–H and O–H groups in total. The molecule has 0 saturated carbocycles. The van der Waals surface area contributed by atoms with Gasteiger partial charge in [-0.1, -0.05) is 30.3 Å². The van der Waals surface area contributed by atoms with Crippen molar-refractivity contribution < 1.29 is 28.6 Å². The molecule has 3 rings (SSSR count). The Bertz CT molecular complexity index is 994. The van der Waals surface area contributed by atoms with Crippen LogP contribution in [0.15, 0.2) is 54.9 Å². The number of ether oxygens (including phenoxy) is 3. The van der Waals surface area contributed by atoms with Crippen molar-refractivity contribution in [2.24, 2.45) is 0 Å². The molecular weight excluding hydrogens is 482 g/mol. The molecule has 1 fully saturated rings. The van der Waals surface area contributed by atoms with Gasteiger partial charge in [0.25, 0.3) is 0 Å². The number of hydrogen-bond acceptors (Lipinski definition) is 8. The first-order chi connectivity index (χ1) is 17.5. The molecule has 1 aliphatic rings. The minimum absolute atomic E-state index is 0.0462. The van der Waals surface area contributed by atoms with Gasteiger partial charge in [-0.2, -0.15) is 11.8 Å². The van der Waals surface area contributed by atoms with E-state index in [4.69, 9.17) is 14.2 Å². The predicted octanol–water partition coefficient (Wildman–Crippen LogP) is 3.43. The number of nitrogens with one attached hydrogen (secondary N) is 1. The highest BCUT2D eigenvalue weighted by Crippen LogP contribution is 2.24. The number of carbonyl (C=O) groups is 3. The van der Waals surface area contributed by atoms with Crippen LogP contribution in [-0.2, 0) is 25.5 Å². The van der Waals surface area contributed by atoms with Crippen LogP contribution in [0.4, 0.5) is 4.79 Å². The molecule has 1 saturated heterocycles. The van der Waals surface area contributed by atoms with Crippen molar-refractivity contribution in [2.75, 3.05) is 32.3 Å². The topological polar surface area (TPSA) is 107 Å². The van der Waals surface area contributed by atoms with Crippen molar-refractivity contribution in [2.45, 2.75) is 43.9 Å². The highest BCUT2D eigenvalue weighted by atomic mass is 32.2. The number of pyridine rings is 1. The molecule has 0 radical (unpaired) electrons. The minimum atomic E-state index is -1.65. The van der Waals surface area contributed by atoms with Gasteiger partial charge in [-0.05, 0) is 49.0 Å². The maximum absolute atomic E-state index is 12.9. The zero-order valence-electron chi connectivity index (χ0n) is 20.7. The summed E-state index contributed by atoms with van der Waals surface area (Å²) in [5.74, 6) is -0.0776. The summed E-state index contributed by atoms with van der Waals surface area (Å²) < 4.78 is 16.6. The van der Waals surface area contributed by atoms with Crippen LogP contribution in [0, 0.1) is 0 Å². The van der Waals surface area contributed by atoms with Gasteiger partial charge >= 0.3 is 12.1 Å². The molecule has 9 nitrogen and oxygen atoms in total. The molecule has 2 aromatic rings. The maximum Gasteiger partial charge on any atom is 0.415 e. The highest BCUT2D eigenvalue weighted by molar-refractivity contribution is 7.98. The summed E-state index contributed by atoms with van der Waals surface area (Å²) in [5.41, 5.74) is -0.623. The number of amides is 2. The first kappa shape index (κ1) is 27.5. The van der Waals surface area contributed by atoms with Crippen LogP contribution in [0.1, 0.15) is 31.2 Å². The van der Waals surface area contributed by atoms with Crippen molar-refractivity contribution in [1.29, 1.82) is 0 Å². The van der Waals surface area contributed by atoms with Crippen LogP contribution in [0.3, 0.4) is 0 Å². The van der Waals surface area contributed by atoms with Gasteiger partial charge in [0, 0.05) is 25.6 Å². The lowest BCUT2D eigenvalue weighted by Crippen LogP contribution is -2.59. The van der Waals surface area contributed by atoms with Crippen molar-refractivity contribution in [3.8, 4) is 5.75 Å². The van der Waals surface area contributed by atoms with E-state index in [2.05, 4.69) is 10.3 Å². The van der Waals surface area contributed by atoms with Crippen LogP contribution in [-0.4, -0.2) is 71.9 Å². The van der Waals surface area contributed by atoms with E-state index in [0.717, 1.165) is 12.0 Å². The molecule has 194 valence electrons. The van der Waals surface area contributed by atoms with E-state index in [-0.39, 0.29) is 31.4 Å². The third-order valence-electron chi connectivity index (χ3n) is 5.97. The summed E-state index contributed by atoms with van der Waals surface area (Å²) >= 11 is 1.53. The quantitative estimate of drug-likeness (QED) is 0.338. The van der Waals surface area contributed by atoms with Crippen LogP contribution in [0.2, 0.25) is 0 Å². The number of methoxy groups -OCH3 is 1. The molecule has 1 aliphatic heterocycles. The van der Waals surface area contributed by atoms with Gasteiger partial charge in [-0.3, -0.25) is 9.78 Å². The van der Waals surface area contributed by atoms with Crippen molar-refractivity contribution >= 4 is 29.7 Å². The fourth-order valence-electron chi connectivity index (χ4n) is 4.04. The van der Waals surface area contributed by atoms with Gasteiger partial charge in [0.05, 0.1) is 26.0 Å². The van der Waals surface area contributed by atoms with E-state index in [1.54, 1.807) is 23.2 Å². The largest absolute Gasteiger partial charge is 0.465 e. The molecule has 0 bridgehead atoms. The van der Waals surface area contributed by atoms with Crippen LogP contribution in [0.5, 0.6) is 5.75 Å². The summed E-state index contributed by atoms with van der Waals surface area (Å²) in [6, 6.07) is 12.7. The molecule has 0 aliphatic carbocycles. The first-order valence-electron chi connectivity index (χ1n) is 11.9. The summed E-state index contributed by atoms with van der Waals surface area (Å²) in [6.45, 7) is 0.553. The van der Waals surface area contributed by atoms with Crippen molar-refractivity contribution in [1.82, 2.24) is 15.2 Å². The second-order valence-electron chi connectivity index (χ2n) is 8.45. The number of hydrogen-bond donors (Lipinski definition) is 1.